The van der Waals surface area contributed by atoms with Gasteiger partial charge < -0.3 is 29.0 Å². The van der Waals surface area contributed by atoms with Crippen LogP contribution in [0.15, 0.2) is 178 Å². The molecule has 18 nitrogen and oxygen atoms in total. The predicted molar refractivity (Wildman–Crippen MR) is 346 cm³/mol. The molecule has 2 amide bonds. The number of hydrogen-bond acceptors (Lipinski definition) is 12. The second kappa shape index (κ2) is 26.1. The van der Waals surface area contributed by atoms with Crippen molar-refractivity contribution in [3.8, 4) is 11.5 Å². The third kappa shape index (κ3) is 13.4. The minimum absolute atomic E-state index is 0. The Morgan fingerprint density at radius 2 is 1.03 bits per heavy atom. The Morgan fingerprint density at radius 3 is 1.50 bits per heavy atom. The van der Waals surface area contributed by atoms with E-state index < -0.39 is 29.5 Å². The molecule has 0 aliphatic carbocycles. The van der Waals surface area contributed by atoms with Crippen molar-refractivity contribution in [3.63, 3.8) is 0 Å². The summed E-state index contributed by atoms with van der Waals surface area (Å²) >= 11 is 26.1. The summed E-state index contributed by atoms with van der Waals surface area (Å²) in [7, 11) is 3.21. The van der Waals surface area contributed by atoms with Crippen LogP contribution in [0, 0.1) is 0 Å². The largest absolute Gasteiger partial charge is 0.497 e. The number of aromatic amines is 3. The summed E-state index contributed by atoms with van der Waals surface area (Å²) in [6, 6.07) is 42.2. The first-order valence-electron chi connectivity index (χ1n) is 27.3. The monoisotopic (exact) mass is 1280 g/mol. The molecule has 6 aromatic carbocycles. The van der Waals surface area contributed by atoms with E-state index in [9.17, 15) is 24.0 Å². The molecule has 0 saturated carbocycles. The summed E-state index contributed by atoms with van der Waals surface area (Å²) in [5, 5.41) is 2.00. The Kier molecular flexibility index (Phi) is 18.4. The summed E-state index contributed by atoms with van der Waals surface area (Å²) in [6.07, 6.45) is 2.82. The van der Waals surface area contributed by atoms with Crippen LogP contribution in [0.25, 0.3) is 22.3 Å². The summed E-state index contributed by atoms with van der Waals surface area (Å²) in [6.45, 7) is 5.68. The number of carbonyl (C=O) groups is 3. The van der Waals surface area contributed by atoms with Gasteiger partial charge in [-0.05, 0) is 128 Å². The Morgan fingerprint density at radius 1 is 0.568 bits per heavy atom. The number of ether oxygens (including phenoxy) is 3. The zero-order valence-corrected chi connectivity index (χ0v) is 51.7. The molecule has 3 N–H and O–H groups in total. The number of anilines is 2. The second-order valence-electron chi connectivity index (χ2n) is 21.5. The fourth-order valence-corrected chi connectivity index (χ4v) is 11.1. The molecular weight excluding hydrogens is 1230 g/mol. The highest BCUT2D eigenvalue weighted by atomic mass is 35.5. The Labute approximate surface area is 530 Å². The Balaban J connectivity index is 0.000000195. The number of nitrogens with one attached hydrogen (secondary N) is 3. The fourth-order valence-electron chi connectivity index (χ4n) is 10.3. The maximum atomic E-state index is 14.5. The number of hydrogen-bond donors (Lipinski definition) is 3. The van der Waals surface area contributed by atoms with Crippen molar-refractivity contribution in [1.29, 1.82) is 0 Å². The molecule has 0 fully saturated rings. The van der Waals surface area contributed by atoms with E-state index in [0.29, 0.717) is 95.0 Å². The number of imidazole rings is 2. The first-order chi connectivity index (χ1) is 41.8. The molecule has 0 spiro atoms. The van der Waals surface area contributed by atoms with Gasteiger partial charge in [0.25, 0.3) is 11.8 Å². The van der Waals surface area contributed by atoms with E-state index in [1.807, 2.05) is 91.0 Å². The van der Waals surface area contributed by atoms with Crippen molar-refractivity contribution < 1.29 is 28.6 Å². The molecule has 2 aliphatic heterocycles. The average molecular weight is 1280 g/mol. The normalized spacial score (nSPS) is 14.8. The number of fused-ring (bicyclic) bond motifs is 4. The molecule has 6 heterocycles. The standard InChI is InChI=1S/C35H31Cl2N5O5.C30H23Cl2N5O3.ClH/c1-35(2,3)47-34(45)42-29-16-22(18-38-31(29)40-33(42)44)30-25-17-23(36)11-14-28(25)41(19-20-9-12-24(46-4)13-10-20)32(43)27(39-30)15-21-7-5-6-8-26(21)37;1-40-21-9-6-17(7-10-21)16-37-26-11-8-20(31)14-22(26)27(19-13-24-28(33-15-19)36-30(39)35-24)34-25(29(37)38)12-18-4-2-3-5-23(18)32;/h5-14,16-18,27H,15,19H2,1-4H3,(H,38,40,44);2-11,13-15,25H,12,16H2,1H3,(H2,33,35,36,39);1H. The molecule has 0 saturated heterocycles. The van der Waals surface area contributed by atoms with E-state index in [4.69, 9.17) is 70.6 Å². The molecule has 10 aromatic rings. The zero-order valence-electron chi connectivity index (χ0n) is 47.8. The minimum atomic E-state index is -0.899. The molecule has 0 radical (unpaired) electrons. The number of benzene rings is 6. The average Bonchev–Trinajstić information content (AvgIpc) is 1.73. The highest BCUT2D eigenvalue weighted by molar-refractivity contribution is 6.33. The van der Waals surface area contributed by atoms with Gasteiger partial charge in [0.15, 0.2) is 11.3 Å². The number of benzodiazepines with no additional fused rings is 2. The van der Waals surface area contributed by atoms with Crippen molar-refractivity contribution in [2.24, 2.45) is 9.98 Å². The quantitative estimate of drug-likeness (QED) is 0.105. The first-order valence-corrected chi connectivity index (χ1v) is 28.9. The molecular formula is C65H55Cl5N10O8. The van der Waals surface area contributed by atoms with Crippen LogP contribution in [0.3, 0.4) is 0 Å². The van der Waals surface area contributed by atoms with Gasteiger partial charge in [-0.15, -0.1) is 12.4 Å². The number of halogens is 5. The molecule has 0 bridgehead atoms. The zero-order chi connectivity index (χ0) is 61.3. The molecule has 12 rings (SSSR count). The number of aromatic nitrogens is 6. The number of pyridine rings is 2. The Bertz CT molecular complexity index is 4500. The second-order valence-corrected chi connectivity index (χ2v) is 23.2. The van der Waals surface area contributed by atoms with Crippen LogP contribution in [-0.4, -0.2) is 90.7 Å². The lowest BCUT2D eigenvalue weighted by atomic mass is 10.0. The van der Waals surface area contributed by atoms with Gasteiger partial charge in [0.2, 0.25) is 0 Å². The van der Waals surface area contributed by atoms with Gasteiger partial charge >= 0.3 is 17.5 Å². The van der Waals surface area contributed by atoms with Crippen LogP contribution >= 0.6 is 58.8 Å². The SMILES string of the molecule is COc1ccc(CN2C(=O)C(Cc3ccccc3Cl)N=C(c3cnc4[nH]c(=O)[nH]c4c3)c3cc(Cl)ccc32)cc1.COc1ccc(CN2C(=O)C(Cc3ccccc3Cl)N=C(c3cnc4[nH]c(=O)n(C(=O)OC(C)(C)C)c4c3)c3cc(Cl)ccc32)cc1.Cl. The minimum Gasteiger partial charge on any atom is -0.497 e. The van der Waals surface area contributed by atoms with Crippen LogP contribution in [0.4, 0.5) is 16.2 Å². The Hall–Kier alpha value is -9.04. The van der Waals surface area contributed by atoms with E-state index >= 15 is 0 Å². The molecule has 448 valence electrons. The first kappa shape index (κ1) is 62.0. The number of nitrogens with zero attached hydrogens (tertiary/aromatic N) is 7. The molecule has 2 aliphatic rings. The lowest BCUT2D eigenvalue weighted by molar-refractivity contribution is -0.120. The fraction of sp³-hybridized carbons (Fsp3) is 0.185. The van der Waals surface area contributed by atoms with Crippen molar-refractivity contribution >= 4 is 122 Å². The van der Waals surface area contributed by atoms with E-state index in [-0.39, 0.29) is 54.0 Å². The molecule has 2 unspecified atom stereocenters. The van der Waals surface area contributed by atoms with Gasteiger partial charge in [-0.3, -0.25) is 29.5 Å². The van der Waals surface area contributed by atoms with Crippen molar-refractivity contribution in [1.82, 2.24) is 29.5 Å². The maximum Gasteiger partial charge on any atom is 0.423 e. The van der Waals surface area contributed by atoms with Crippen LogP contribution in [-0.2, 0) is 40.3 Å². The van der Waals surface area contributed by atoms with Crippen LogP contribution in [0.5, 0.6) is 11.5 Å². The van der Waals surface area contributed by atoms with Crippen LogP contribution < -0.4 is 30.7 Å². The van der Waals surface area contributed by atoms with E-state index in [1.165, 1.54) is 6.20 Å². The number of H-pyrrole nitrogens is 3. The van der Waals surface area contributed by atoms with Crippen molar-refractivity contribution in [2.45, 2.75) is 64.4 Å². The predicted octanol–water partition coefficient (Wildman–Crippen LogP) is 12.8. The van der Waals surface area contributed by atoms with Crippen molar-refractivity contribution in [3.05, 3.63) is 244 Å². The van der Waals surface area contributed by atoms with Crippen molar-refractivity contribution in [2.75, 3.05) is 24.0 Å². The summed E-state index contributed by atoms with van der Waals surface area (Å²) in [5.74, 6) is 0.993. The summed E-state index contributed by atoms with van der Waals surface area (Å²) in [4.78, 5) is 97.0. The number of aliphatic imine (C=N–C) groups is 2. The van der Waals surface area contributed by atoms with Gasteiger partial charge in [-0.1, -0.05) is 107 Å². The lowest BCUT2D eigenvalue weighted by Gasteiger charge is -2.26. The molecule has 23 heteroatoms. The molecule has 88 heavy (non-hydrogen) atoms. The number of rotatable bonds is 12. The van der Waals surface area contributed by atoms with Gasteiger partial charge in [-0.2, -0.15) is 4.57 Å². The van der Waals surface area contributed by atoms with Crippen LogP contribution in [0.1, 0.15) is 65.3 Å². The van der Waals surface area contributed by atoms with Gasteiger partial charge in [0.05, 0.1) is 55.6 Å². The highest BCUT2D eigenvalue weighted by Crippen LogP contribution is 2.37. The highest BCUT2D eigenvalue weighted by Gasteiger charge is 2.36. The van der Waals surface area contributed by atoms with E-state index in [1.54, 1.807) is 106 Å². The van der Waals surface area contributed by atoms with Crippen LogP contribution in [0.2, 0.25) is 20.1 Å². The summed E-state index contributed by atoms with van der Waals surface area (Å²) in [5.41, 5.74) is 7.33. The van der Waals surface area contributed by atoms with Gasteiger partial charge in [-0.25, -0.2) is 24.4 Å². The molecule has 4 aromatic heterocycles. The topological polar surface area (TPSA) is 222 Å². The number of methoxy groups -OCH3 is 2. The number of amides is 2. The van der Waals surface area contributed by atoms with E-state index in [0.717, 1.165) is 32.6 Å². The smallest absolute Gasteiger partial charge is 0.423 e. The summed E-state index contributed by atoms with van der Waals surface area (Å²) < 4.78 is 17.0. The van der Waals surface area contributed by atoms with Gasteiger partial charge in [0.1, 0.15) is 34.7 Å². The van der Waals surface area contributed by atoms with Gasteiger partial charge in [0, 0.05) is 67.6 Å². The third-order valence-corrected chi connectivity index (χ3v) is 15.7. The lowest BCUT2D eigenvalue weighted by Crippen LogP contribution is -2.38. The number of carbonyl (C=O) groups excluding carboxylic acids is 3. The van der Waals surface area contributed by atoms with E-state index in [2.05, 4.69) is 24.9 Å². The maximum absolute atomic E-state index is 14.5. The third-order valence-electron chi connectivity index (χ3n) is 14.5. The molecule has 2 atom stereocenters.